The van der Waals surface area contributed by atoms with Gasteiger partial charge in [-0.3, -0.25) is 9.69 Å². The zero-order valence-corrected chi connectivity index (χ0v) is 16.5. The molecule has 0 saturated carbocycles. The Kier molecular flexibility index (Phi) is 5.62. The summed E-state index contributed by atoms with van der Waals surface area (Å²) in [6.45, 7) is 2.01. The molecule has 0 aliphatic carbocycles. The van der Waals surface area contributed by atoms with E-state index in [1.54, 1.807) is 11.9 Å². The van der Waals surface area contributed by atoms with Crippen molar-refractivity contribution in [3.05, 3.63) is 71.7 Å². The first-order chi connectivity index (χ1) is 14.0. The smallest absolute Gasteiger partial charge is 0.274 e. The first kappa shape index (κ1) is 19.6. The summed E-state index contributed by atoms with van der Waals surface area (Å²) in [5.41, 5.74) is 3.00. The van der Waals surface area contributed by atoms with Gasteiger partial charge in [0.2, 0.25) is 0 Å². The summed E-state index contributed by atoms with van der Waals surface area (Å²) < 4.78 is 1.93. The molecule has 1 fully saturated rings. The lowest BCUT2D eigenvalue weighted by Gasteiger charge is -2.33. The van der Waals surface area contributed by atoms with Crippen LogP contribution in [0.3, 0.4) is 0 Å². The molecule has 0 spiro atoms. The minimum Gasteiger partial charge on any atom is -0.390 e. The Balaban J connectivity index is 1.61. The van der Waals surface area contributed by atoms with Crippen molar-refractivity contribution in [3.63, 3.8) is 0 Å². The Morgan fingerprint density at radius 3 is 2.66 bits per heavy atom. The summed E-state index contributed by atoms with van der Waals surface area (Å²) in [5, 5.41) is 19.8. The van der Waals surface area contributed by atoms with Gasteiger partial charge in [0.05, 0.1) is 17.9 Å². The number of imidazole rings is 1. The topological polar surface area (TPSA) is 81.3 Å². The minimum absolute atomic E-state index is 0.134. The van der Waals surface area contributed by atoms with Crippen molar-refractivity contribution in [2.24, 2.45) is 0 Å². The molecule has 29 heavy (non-hydrogen) atoms. The van der Waals surface area contributed by atoms with Crippen molar-refractivity contribution in [2.75, 3.05) is 20.1 Å². The molecule has 7 heteroatoms. The van der Waals surface area contributed by atoms with Gasteiger partial charge in [-0.05, 0) is 24.1 Å². The quantitative estimate of drug-likeness (QED) is 0.686. The predicted molar refractivity (Wildman–Crippen MR) is 109 cm³/mol. The fraction of sp³-hybridized carbons (Fsp3) is 0.364. The molecule has 4 rings (SSSR count). The Labute approximate surface area is 169 Å². The molecule has 3 aromatic rings. The highest BCUT2D eigenvalue weighted by Crippen LogP contribution is 2.20. The van der Waals surface area contributed by atoms with Gasteiger partial charge in [-0.2, -0.15) is 0 Å². The predicted octanol–water partition coefficient (Wildman–Crippen LogP) is 1.53. The van der Waals surface area contributed by atoms with Gasteiger partial charge < -0.3 is 19.5 Å². The molecule has 152 valence electrons. The van der Waals surface area contributed by atoms with Crippen LogP contribution in [0, 0.1) is 0 Å². The second-order valence-corrected chi connectivity index (χ2v) is 7.64. The zero-order valence-electron chi connectivity index (χ0n) is 16.5. The number of aromatic nitrogens is 2. The summed E-state index contributed by atoms with van der Waals surface area (Å²) in [7, 11) is 1.78. The van der Waals surface area contributed by atoms with Gasteiger partial charge in [-0.1, -0.05) is 36.4 Å². The van der Waals surface area contributed by atoms with Crippen LogP contribution in [0.15, 0.2) is 54.7 Å². The van der Waals surface area contributed by atoms with Gasteiger partial charge in [-0.25, -0.2) is 4.98 Å². The standard InChI is InChI=1S/C22H26N4O3/c1-24(13-16-7-3-2-4-8-16)22(29)21-17(26-11-6-5-9-20(26)23-21)14-25-12-10-18(27)19(28)15-25/h2-9,11,18-19,27-28H,10,12-15H2,1H3/t18-,19-/m1/s1. The maximum absolute atomic E-state index is 13.2. The molecule has 1 amide bonds. The fourth-order valence-corrected chi connectivity index (χ4v) is 3.82. The number of aliphatic hydroxyl groups is 2. The van der Waals surface area contributed by atoms with Gasteiger partial charge >= 0.3 is 0 Å². The molecule has 3 heterocycles. The van der Waals surface area contributed by atoms with Gasteiger partial charge in [0.1, 0.15) is 5.65 Å². The second kappa shape index (κ2) is 8.32. The van der Waals surface area contributed by atoms with Gasteiger partial charge in [0.25, 0.3) is 5.91 Å². The number of carbonyl (C=O) groups is 1. The van der Waals surface area contributed by atoms with Gasteiger partial charge in [0, 0.05) is 39.4 Å². The SMILES string of the molecule is CN(Cc1ccccc1)C(=O)c1nc2ccccn2c1CN1CC[C@@H](O)[C@H](O)C1. The number of likely N-dealkylation sites (tertiary alicyclic amines) is 1. The molecule has 1 aliphatic heterocycles. The number of hydrogen-bond acceptors (Lipinski definition) is 5. The van der Waals surface area contributed by atoms with E-state index in [9.17, 15) is 15.0 Å². The fourth-order valence-electron chi connectivity index (χ4n) is 3.82. The largest absolute Gasteiger partial charge is 0.390 e. The molecule has 2 N–H and O–H groups in total. The monoisotopic (exact) mass is 394 g/mol. The number of hydrogen-bond donors (Lipinski definition) is 2. The van der Waals surface area contributed by atoms with Crippen molar-refractivity contribution < 1.29 is 15.0 Å². The average molecular weight is 394 g/mol. The number of aliphatic hydroxyl groups excluding tert-OH is 2. The molecular formula is C22H26N4O3. The number of pyridine rings is 1. The first-order valence-corrected chi connectivity index (χ1v) is 9.87. The number of nitrogens with zero attached hydrogens (tertiary/aromatic N) is 4. The van der Waals surface area contributed by atoms with Crippen LogP contribution in [-0.2, 0) is 13.1 Å². The molecule has 1 saturated heterocycles. The van der Waals surface area contributed by atoms with E-state index in [0.29, 0.717) is 38.3 Å². The van der Waals surface area contributed by atoms with Crippen LogP contribution >= 0.6 is 0 Å². The molecular weight excluding hydrogens is 368 g/mol. The van der Waals surface area contributed by atoms with Crippen LogP contribution in [0.1, 0.15) is 28.2 Å². The van der Waals surface area contributed by atoms with E-state index in [4.69, 9.17) is 0 Å². The van der Waals surface area contributed by atoms with Gasteiger partial charge in [-0.15, -0.1) is 0 Å². The summed E-state index contributed by atoms with van der Waals surface area (Å²) >= 11 is 0. The van der Waals surface area contributed by atoms with Crippen molar-refractivity contribution in [2.45, 2.75) is 31.7 Å². The van der Waals surface area contributed by atoms with Crippen molar-refractivity contribution in [1.82, 2.24) is 19.2 Å². The zero-order chi connectivity index (χ0) is 20.4. The Morgan fingerprint density at radius 2 is 1.90 bits per heavy atom. The first-order valence-electron chi connectivity index (χ1n) is 9.87. The van der Waals surface area contributed by atoms with E-state index in [0.717, 1.165) is 16.9 Å². The van der Waals surface area contributed by atoms with Gasteiger partial charge in [0.15, 0.2) is 5.69 Å². The van der Waals surface area contributed by atoms with E-state index in [2.05, 4.69) is 9.88 Å². The lowest BCUT2D eigenvalue weighted by atomic mass is 10.0. The van der Waals surface area contributed by atoms with E-state index in [1.807, 2.05) is 59.1 Å². The second-order valence-electron chi connectivity index (χ2n) is 7.64. The molecule has 2 atom stereocenters. The Morgan fingerprint density at radius 1 is 1.14 bits per heavy atom. The number of fused-ring (bicyclic) bond motifs is 1. The van der Waals surface area contributed by atoms with E-state index >= 15 is 0 Å². The maximum Gasteiger partial charge on any atom is 0.274 e. The number of benzene rings is 1. The highest BCUT2D eigenvalue weighted by molar-refractivity contribution is 5.94. The molecule has 2 aromatic heterocycles. The minimum atomic E-state index is -0.775. The number of piperidine rings is 1. The van der Waals surface area contributed by atoms with E-state index in [1.165, 1.54) is 0 Å². The third-order valence-electron chi connectivity index (χ3n) is 5.44. The van der Waals surface area contributed by atoms with Crippen molar-refractivity contribution in [3.8, 4) is 0 Å². The summed E-state index contributed by atoms with van der Waals surface area (Å²) in [4.78, 5) is 21.6. The number of rotatable bonds is 5. The highest BCUT2D eigenvalue weighted by atomic mass is 16.3. The van der Waals surface area contributed by atoms with E-state index < -0.39 is 12.2 Å². The lowest BCUT2D eigenvalue weighted by Crippen LogP contribution is -2.46. The molecule has 0 bridgehead atoms. The number of amides is 1. The van der Waals surface area contributed by atoms with Crippen LogP contribution in [0.5, 0.6) is 0 Å². The maximum atomic E-state index is 13.2. The molecule has 0 unspecified atom stereocenters. The van der Waals surface area contributed by atoms with Crippen LogP contribution < -0.4 is 0 Å². The molecule has 1 aliphatic rings. The third kappa shape index (κ3) is 4.17. The summed E-state index contributed by atoms with van der Waals surface area (Å²) in [6, 6.07) is 15.6. The van der Waals surface area contributed by atoms with Crippen LogP contribution in [-0.4, -0.2) is 67.6 Å². The number of β-amino-alcohol motifs (C(OH)–C–C–N with tert-alkyl or cyclic N) is 1. The van der Waals surface area contributed by atoms with Crippen LogP contribution in [0.4, 0.5) is 0 Å². The molecule has 1 aromatic carbocycles. The Hall–Kier alpha value is -2.74. The van der Waals surface area contributed by atoms with Crippen molar-refractivity contribution >= 4 is 11.6 Å². The average Bonchev–Trinajstić information content (AvgIpc) is 3.09. The van der Waals surface area contributed by atoms with Crippen LogP contribution in [0.2, 0.25) is 0 Å². The lowest BCUT2D eigenvalue weighted by molar-refractivity contribution is -0.0407. The number of carbonyl (C=O) groups excluding carboxylic acids is 1. The molecule has 7 nitrogen and oxygen atoms in total. The summed E-state index contributed by atoms with van der Waals surface area (Å²) in [5.74, 6) is -0.134. The van der Waals surface area contributed by atoms with Crippen LogP contribution in [0.25, 0.3) is 5.65 Å². The van der Waals surface area contributed by atoms with Crippen molar-refractivity contribution in [1.29, 1.82) is 0 Å². The van der Waals surface area contributed by atoms with E-state index in [-0.39, 0.29) is 5.91 Å². The molecule has 0 radical (unpaired) electrons. The third-order valence-corrected chi connectivity index (χ3v) is 5.44. The highest BCUT2D eigenvalue weighted by Gasteiger charge is 2.29. The normalized spacial score (nSPS) is 20.1. The Bertz CT molecular complexity index is 988. The summed E-state index contributed by atoms with van der Waals surface area (Å²) in [6.07, 6.45) is 0.949.